The number of nitrogens with zero attached hydrogens (tertiary/aromatic N) is 3. The van der Waals surface area contributed by atoms with Crippen molar-refractivity contribution in [2.24, 2.45) is 5.92 Å². The number of amides is 2. The molecule has 0 spiro atoms. The van der Waals surface area contributed by atoms with E-state index in [4.69, 9.17) is 23.2 Å². The second kappa shape index (κ2) is 12.2. The third-order valence-electron chi connectivity index (χ3n) is 6.41. The summed E-state index contributed by atoms with van der Waals surface area (Å²) in [6.07, 6.45) is 3.86. The number of rotatable bonds is 7. The number of benzene rings is 1. The molecule has 2 heterocycles. The van der Waals surface area contributed by atoms with E-state index in [9.17, 15) is 19.8 Å². The fraction of sp³-hybridized carbons (Fsp3) is 0.583. The number of carbonyl (C=O) groups excluding carboxylic acids is 2. The van der Waals surface area contributed by atoms with Gasteiger partial charge in [-0.1, -0.05) is 36.2 Å². The fourth-order valence-corrected chi connectivity index (χ4v) is 4.60. The van der Waals surface area contributed by atoms with E-state index in [-0.39, 0.29) is 30.3 Å². The Balaban J connectivity index is 1.45. The average molecular weight is 498 g/mol. The summed E-state index contributed by atoms with van der Waals surface area (Å²) in [6, 6.07) is 5.16. The molecular formula is C24H33Cl2N3O4. The van der Waals surface area contributed by atoms with Crippen molar-refractivity contribution in [1.29, 1.82) is 0 Å². The van der Waals surface area contributed by atoms with Crippen LogP contribution in [0.5, 0.6) is 0 Å². The molecule has 33 heavy (non-hydrogen) atoms. The molecule has 0 bridgehead atoms. The monoisotopic (exact) mass is 497 g/mol. The quantitative estimate of drug-likeness (QED) is 0.565. The third kappa shape index (κ3) is 7.69. The molecule has 3 unspecified atom stereocenters. The van der Waals surface area contributed by atoms with Gasteiger partial charge in [-0.25, -0.2) is 0 Å². The van der Waals surface area contributed by atoms with Gasteiger partial charge in [0.2, 0.25) is 11.8 Å². The van der Waals surface area contributed by atoms with E-state index in [1.165, 1.54) is 6.08 Å². The molecule has 2 aliphatic heterocycles. The lowest BCUT2D eigenvalue weighted by molar-refractivity contribution is -0.130. The van der Waals surface area contributed by atoms with Crippen LogP contribution >= 0.6 is 23.2 Å². The van der Waals surface area contributed by atoms with Gasteiger partial charge in [-0.15, -0.1) is 0 Å². The average Bonchev–Trinajstić information content (AvgIpc) is 2.97. The number of hydrogen-bond donors (Lipinski definition) is 2. The number of aliphatic hydroxyl groups is 2. The molecule has 3 atom stereocenters. The van der Waals surface area contributed by atoms with Gasteiger partial charge in [0.05, 0.1) is 22.3 Å². The lowest BCUT2D eigenvalue weighted by Gasteiger charge is -2.35. The van der Waals surface area contributed by atoms with E-state index >= 15 is 0 Å². The molecule has 2 saturated heterocycles. The van der Waals surface area contributed by atoms with Crippen LogP contribution in [0.25, 0.3) is 6.08 Å². The maximum Gasteiger partial charge on any atom is 0.246 e. The highest BCUT2D eigenvalue weighted by molar-refractivity contribution is 6.42. The van der Waals surface area contributed by atoms with Gasteiger partial charge in [0, 0.05) is 58.3 Å². The molecule has 0 saturated carbocycles. The van der Waals surface area contributed by atoms with Gasteiger partial charge in [0.1, 0.15) is 0 Å². The Morgan fingerprint density at radius 2 is 2.00 bits per heavy atom. The number of likely N-dealkylation sites (tertiary alicyclic amines) is 1. The number of hydrogen-bond acceptors (Lipinski definition) is 5. The van der Waals surface area contributed by atoms with E-state index in [0.717, 1.165) is 25.1 Å². The maximum absolute atomic E-state index is 12.6. The lowest BCUT2D eigenvalue weighted by Crippen LogP contribution is -2.45. The predicted molar refractivity (Wildman–Crippen MR) is 130 cm³/mol. The molecule has 2 amide bonds. The Bertz CT molecular complexity index is 866. The first-order valence-corrected chi connectivity index (χ1v) is 12.3. The highest BCUT2D eigenvalue weighted by atomic mass is 35.5. The zero-order chi connectivity index (χ0) is 24.0. The Kier molecular flexibility index (Phi) is 9.58. The molecule has 2 fully saturated rings. The van der Waals surface area contributed by atoms with Gasteiger partial charge < -0.3 is 24.9 Å². The third-order valence-corrected chi connectivity index (χ3v) is 7.15. The first-order valence-electron chi connectivity index (χ1n) is 11.5. The van der Waals surface area contributed by atoms with Crippen LogP contribution in [0.15, 0.2) is 24.3 Å². The molecule has 3 rings (SSSR count). The SMILES string of the molecule is CC1CN(CC(O)CCN2CCN(C(=O)/C=C/c3ccc(Cl)c(Cl)c3)CCC2=O)CCC1O. The molecule has 1 aromatic rings. The largest absolute Gasteiger partial charge is 0.393 e. The maximum atomic E-state index is 12.6. The fourth-order valence-electron chi connectivity index (χ4n) is 4.29. The normalized spacial score (nSPS) is 23.7. The van der Waals surface area contributed by atoms with Crippen molar-refractivity contribution in [2.75, 3.05) is 45.8 Å². The molecular weight excluding hydrogens is 465 g/mol. The summed E-state index contributed by atoms with van der Waals surface area (Å²) in [4.78, 5) is 30.7. The van der Waals surface area contributed by atoms with Crippen LogP contribution in [0.1, 0.15) is 31.7 Å². The van der Waals surface area contributed by atoms with Crippen LogP contribution in [0.2, 0.25) is 10.0 Å². The van der Waals surface area contributed by atoms with Gasteiger partial charge in [-0.05, 0) is 42.5 Å². The van der Waals surface area contributed by atoms with Crippen molar-refractivity contribution in [3.63, 3.8) is 0 Å². The number of halogens is 2. The molecule has 0 radical (unpaired) electrons. The van der Waals surface area contributed by atoms with E-state index in [1.807, 2.05) is 6.92 Å². The molecule has 0 aliphatic carbocycles. The van der Waals surface area contributed by atoms with Crippen LogP contribution in [0, 0.1) is 5.92 Å². The van der Waals surface area contributed by atoms with Gasteiger partial charge >= 0.3 is 0 Å². The van der Waals surface area contributed by atoms with Gasteiger partial charge in [0.15, 0.2) is 0 Å². The Labute approximate surface area is 205 Å². The van der Waals surface area contributed by atoms with Crippen LogP contribution in [0.3, 0.4) is 0 Å². The van der Waals surface area contributed by atoms with Crippen molar-refractivity contribution in [3.05, 3.63) is 39.9 Å². The van der Waals surface area contributed by atoms with Crippen molar-refractivity contribution in [2.45, 2.75) is 38.4 Å². The summed E-state index contributed by atoms with van der Waals surface area (Å²) in [5.74, 6) is 0.0465. The van der Waals surface area contributed by atoms with E-state index < -0.39 is 6.10 Å². The minimum atomic E-state index is -0.532. The van der Waals surface area contributed by atoms with Gasteiger partial charge in [0.25, 0.3) is 0 Å². The zero-order valence-electron chi connectivity index (χ0n) is 19.0. The van der Waals surface area contributed by atoms with Crippen molar-refractivity contribution in [1.82, 2.24) is 14.7 Å². The van der Waals surface area contributed by atoms with Gasteiger partial charge in [-0.2, -0.15) is 0 Å². The summed E-state index contributed by atoms with van der Waals surface area (Å²) < 4.78 is 0. The minimum Gasteiger partial charge on any atom is -0.393 e. The number of piperidine rings is 1. The predicted octanol–water partition coefficient (Wildman–Crippen LogP) is 2.52. The lowest BCUT2D eigenvalue weighted by atomic mass is 9.96. The topological polar surface area (TPSA) is 84.3 Å². The zero-order valence-corrected chi connectivity index (χ0v) is 20.5. The molecule has 9 heteroatoms. The second-order valence-electron chi connectivity index (χ2n) is 9.00. The van der Waals surface area contributed by atoms with E-state index in [1.54, 1.807) is 34.1 Å². The molecule has 2 aliphatic rings. The van der Waals surface area contributed by atoms with Gasteiger partial charge in [-0.3, -0.25) is 9.59 Å². The summed E-state index contributed by atoms with van der Waals surface area (Å²) in [7, 11) is 0. The van der Waals surface area contributed by atoms with Crippen molar-refractivity contribution < 1.29 is 19.8 Å². The number of β-amino-alcohol motifs (C(OH)–C–C–N with tert-alkyl or cyclic N) is 1. The molecule has 1 aromatic carbocycles. The summed E-state index contributed by atoms with van der Waals surface area (Å²) in [5.41, 5.74) is 0.775. The van der Waals surface area contributed by atoms with Crippen molar-refractivity contribution in [3.8, 4) is 0 Å². The van der Waals surface area contributed by atoms with Crippen LogP contribution in [-0.4, -0.2) is 94.7 Å². The van der Waals surface area contributed by atoms with Crippen LogP contribution in [-0.2, 0) is 9.59 Å². The van der Waals surface area contributed by atoms with E-state index in [0.29, 0.717) is 49.2 Å². The Hall–Kier alpha value is -1.64. The molecule has 0 aromatic heterocycles. The standard InChI is InChI=1S/C24H33Cl2N3O4/c1-17-15-27(9-7-22(17)31)16-19(30)6-10-28-12-13-29(11-8-24(28)33)23(32)5-3-18-2-4-20(25)21(26)14-18/h2-5,14,17,19,22,30-31H,6-13,15-16H2,1H3/b5-3+. The first kappa shape index (κ1) is 26.0. The van der Waals surface area contributed by atoms with E-state index in [2.05, 4.69) is 4.90 Å². The van der Waals surface area contributed by atoms with Crippen LogP contribution < -0.4 is 0 Å². The minimum absolute atomic E-state index is 0.000629. The Morgan fingerprint density at radius 1 is 1.21 bits per heavy atom. The Morgan fingerprint density at radius 3 is 2.73 bits per heavy atom. The molecule has 7 nitrogen and oxygen atoms in total. The highest BCUT2D eigenvalue weighted by Crippen LogP contribution is 2.23. The summed E-state index contributed by atoms with van der Waals surface area (Å²) in [6.45, 7) is 5.85. The van der Waals surface area contributed by atoms with Crippen molar-refractivity contribution >= 4 is 41.1 Å². The first-order chi connectivity index (χ1) is 15.7. The smallest absolute Gasteiger partial charge is 0.246 e. The molecule has 2 N–H and O–H groups in total. The number of carbonyl (C=O) groups is 2. The second-order valence-corrected chi connectivity index (χ2v) is 9.81. The highest BCUT2D eigenvalue weighted by Gasteiger charge is 2.27. The summed E-state index contributed by atoms with van der Waals surface area (Å²) >= 11 is 11.9. The number of aliphatic hydroxyl groups excluding tert-OH is 2. The summed E-state index contributed by atoms with van der Waals surface area (Å²) in [5, 5.41) is 21.2. The molecule has 182 valence electrons. The van der Waals surface area contributed by atoms with Crippen LogP contribution in [0.4, 0.5) is 0 Å².